The Hall–Kier alpha value is -2.14. The molecule has 0 spiro atoms. The van der Waals surface area contributed by atoms with Crippen molar-refractivity contribution in [1.29, 1.82) is 0 Å². The fourth-order valence-corrected chi connectivity index (χ4v) is 3.32. The lowest BCUT2D eigenvalue weighted by Gasteiger charge is -2.43. The van der Waals surface area contributed by atoms with Gasteiger partial charge in [-0.3, -0.25) is 24.0 Å². The van der Waals surface area contributed by atoms with Crippen LogP contribution in [-0.4, -0.2) is 65.5 Å². The van der Waals surface area contributed by atoms with Crippen LogP contribution in [-0.2, 0) is 47.7 Å². The summed E-state index contributed by atoms with van der Waals surface area (Å²) in [6.45, 7) is 5.51. The molecule has 1 aliphatic rings. The first-order valence-electron chi connectivity index (χ1n) is 7.99. The average molecular weight is 406 g/mol. The van der Waals surface area contributed by atoms with Crippen molar-refractivity contribution in [2.75, 3.05) is 6.61 Å². The van der Waals surface area contributed by atoms with E-state index in [1.165, 1.54) is 13.8 Å². The van der Waals surface area contributed by atoms with E-state index in [0.717, 1.165) is 20.8 Å². The van der Waals surface area contributed by atoms with E-state index in [9.17, 15) is 24.0 Å². The molecule has 1 aliphatic heterocycles. The van der Waals surface area contributed by atoms with Gasteiger partial charge < -0.3 is 23.7 Å². The van der Waals surface area contributed by atoms with Crippen LogP contribution in [0.3, 0.4) is 0 Å². The third-order valence-corrected chi connectivity index (χ3v) is 4.17. The van der Waals surface area contributed by atoms with Crippen LogP contribution in [0, 0.1) is 0 Å². The predicted octanol–water partition coefficient (Wildman–Crippen LogP) is 0.349. The Labute approximate surface area is 160 Å². The second-order valence-electron chi connectivity index (χ2n) is 5.68. The van der Waals surface area contributed by atoms with Crippen LogP contribution in [0.2, 0.25) is 0 Å². The maximum atomic E-state index is 11.6. The van der Waals surface area contributed by atoms with Crippen LogP contribution in [0.15, 0.2) is 0 Å². The maximum Gasteiger partial charge on any atom is 0.303 e. The maximum absolute atomic E-state index is 11.6. The number of esters is 4. The molecule has 5 atom stereocenters. The molecule has 0 saturated carbocycles. The first-order valence-corrected chi connectivity index (χ1v) is 8.87. The minimum atomic E-state index is -1.26. The lowest BCUT2D eigenvalue weighted by Crippen LogP contribution is -2.61. The third kappa shape index (κ3) is 7.55. The minimum absolute atomic E-state index is 0.327. The molecule has 1 heterocycles. The van der Waals surface area contributed by atoms with Gasteiger partial charge in [-0.05, 0) is 0 Å². The zero-order valence-electron chi connectivity index (χ0n) is 15.6. The molecule has 0 aromatic carbocycles. The Kier molecular flexibility index (Phi) is 8.70. The van der Waals surface area contributed by atoms with Gasteiger partial charge in [0.2, 0.25) is 0 Å². The molecule has 0 aliphatic carbocycles. The van der Waals surface area contributed by atoms with E-state index in [1.807, 2.05) is 0 Å². The molecular weight excluding hydrogens is 384 g/mol. The third-order valence-electron chi connectivity index (χ3n) is 3.23. The van der Waals surface area contributed by atoms with E-state index in [4.69, 9.17) is 23.7 Å². The summed E-state index contributed by atoms with van der Waals surface area (Å²) < 4.78 is 26.2. The van der Waals surface area contributed by atoms with Gasteiger partial charge in [0.05, 0.1) is 0 Å². The molecular formula is C16H22O10S. The summed E-state index contributed by atoms with van der Waals surface area (Å²) >= 11 is 0.705. The van der Waals surface area contributed by atoms with Crippen molar-refractivity contribution in [3.8, 4) is 0 Å². The summed E-state index contributed by atoms with van der Waals surface area (Å²) in [5.74, 6) is -2.76. The molecule has 10 nitrogen and oxygen atoms in total. The van der Waals surface area contributed by atoms with Crippen LogP contribution in [0.1, 0.15) is 34.6 Å². The molecule has 0 aromatic rings. The highest BCUT2D eigenvalue weighted by atomic mass is 32.2. The molecule has 0 bridgehead atoms. The number of hydrogen-bond acceptors (Lipinski definition) is 11. The van der Waals surface area contributed by atoms with Gasteiger partial charge in [0.25, 0.3) is 0 Å². The molecule has 0 N–H and O–H groups in total. The summed E-state index contributed by atoms with van der Waals surface area (Å²) in [5, 5.41) is -0.351. The molecule has 1 saturated heterocycles. The van der Waals surface area contributed by atoms with E-state index in [-0.39, 0.29) is 11.7 Å². The Bertz CT molecular complexity index is 604. The van der Waals surface area contributed by atoms with Crippen molar-refractivity contribution in [2.45, 2.75) is 64.5 Å². The summed E-state index contributed by atoms with van der Waals surface area (Å²) in [7, 11) is 0. The fourth-order valence-electron chi connectivity index (χ4n) is 2.45. The number of carbonyl (C=O) groups excluding carboxylic acids is 5. The summed E-state index contributed by atoms with van der Waals surface area (Å²) in [6.07, 6.45) is -4.76. The number of ether oxygens (including phenoxy) is 5. The van der Waals surface area contributed by atoms with Gasteiger partial charge in [-0.2, -0.15) is 0 Å². The number of rotatable bonds is 6. The molecule has 1 rings (SSSR count). The molecule has 11 heteroatoms. The number of thioether (sulfide) groups is 1. The van der Waals surface area contributed by atoms with Gasteiger partial charge in [0.15, 0.2) is 28.9 Å². The fraction of sp³-hybridized carbons (Fsp3) is 0.688. The van der Waals surface area contributed by atoms with Crippen molar-refractivity contribution in [3.63, 3.8) is 0 Å². The largest absolute Gasteiger partial charge is 0.463 e. The summed E-state index contributed by atoms with van der Waals surface area (Å²) in [6, 6.07) is 0. The van der Waals surface area contributed by atoms with Crippen LogP contribution >= 0.6 is 11.8 Å². The van der Waals surface area contributed by atoms with Crippen molar-refractivity contribution in [3.05, 3.63) is 0 Å². The van der Waals surface area contributed by atoms with E-state index in [0.29, 0.717) is 11.8 Å². The Morgan fingerprint density at radius 1 is 0.741 bits per heavy atom. The van der Waals surface area contributed by atoms with Gasteiger partial charge in [0.1, 0.15) is 12.7 Å². The zero-order chi connectivity index (χ0) is 20.7. The van der Waals surface area contributed by atoms with Crippen molar-refractivity contribution in [1.82, 2.24) is 0 Å². The molecule has 27 heavy (non-hydrogen) atoms. The van der Waals surface area contributed by atoms with E-state index in [2.05, 4.69) is 0 Å². The Balaban J connectivity index is 3.29. The normalized spacial score (nSPS) is 27.2. The van der Waals surface area contributed by atoms with Gasteiger partial charge in [-0.1, -0.05) is 11.8 Å². The lowest BCUT2D eigenvalue weighted by atomic mass is 9.99. The molecule has 0 radical (unpaired) electrons. The molecule has 0 amide bonds. The first-order chi connectivity index (χ1) is 12.5. The Morgan fingerprint density at radius 2 is 1.22 bits per heavy atom. The van der Waals surface area contributed by atoms with Gasteiger partial charge in [-0.25, -0.2) is 0 Å². The van der Waals surface area contributed by atoms with E-state index < -0.39 is 53.7 Å². The molecule has 1 fully saturated rings. The molecule has 0 aromatic heterocycles. The average Bonchev–Trinajstić information content (AvgIpc) is 2.49. The smallest absolute Gasteiger partial charge is 0.303 e. The predicted molar refractivity (Wildman–Crippen MR) is 90.2 cm³/mol. The van der Waals surface area contributed by atoms with Gasteiger partial charge >= 0.3 is 23.9 Å². The highest BCUT2D eigenvalue weighted by Gasteiger charge is 2.52. The van der Waals surface area contributed by atoms with E-state index >= 15 is 0 Å². The number of hydrogen-bond donors (Lipinski definition) is 0. The van der Waals surface area contributed by atoms with Gasteiger partial charge in [-0.15, -0.1) is 0 Å². The summed E-state index contributed by atoms with van der Waals surface area (Å²) in [4.78, 5) is 57.3. The topological polar surface area (TPSA) is 132 Å². The van der Waals surface area contributed by atoms with Crippen LogP contribution in [0.4, 0.5) is 0 Å². The van der Waals surface area contributed by atoms with Crippen LogP contribution in [0.25, 0.3) is 0 Å². The second kappa shape index (κ2) is 10.3. The second-order valence-corrected chi connectivity index (χ2v) is 6.95. The van der Waals surface area contributed by atoms with Crippen molar-refractivity contribution < 1.29 is 47.7 Å². The minimum Gasteiger partial charge on any atom is -0.463 e. The highest BCUT2D eigenvalue weighted by molar-refractivity contribution is 8.14. The molecule has 0 unspecified atom stereocenters. The van der Waals surface area contributed by atoms with E-state index in [1.54, 1.807) is 0 Å². The summed E-state index contributed by atoms with van der Waals surface area (Å²) in [5.41, 5.74) is -1.07. The Morgan fingerprint density at radius 3 is 1.67 bits per heavy atom. The SMILES string of the molecule is CC(=O)OC[C@@H]1O[C@H](SC(C)=O)[C@H](OC(C)=O)[C@H](OC(C)=O)[C@@H]1OC(C)=O. The quantitative estimate of drug-likeness (QED) is 0.447. The van der Waals surface area contributed by atoms with Crippen LogP contribution in [0.5, 0.6) is 0 Å². The zero-order valence-corrected chi connectivity index (χ0v) is 16.4. The van der Waals surface area contributed by atoms with Crippen molar-refractivity contribution in [2.24, 2.45) is 0 Å². The molecule has 152 valence electrons. The standard InChI is InChI=1S/C16H22O10S/c1-7(17)22-6-12-13(23-8(2)18)14(24-9(3)19)15(25-10(4)20)16(26-12)27-11(5)21/h12-16H,6H2,1-5H3/t12-,13+,14+,15+,16+/m0/s1. The van der Waals surface area contributed by atoms with Crippen LogP contribution < -0.4 is 0 Å². The van der Waals surface area contributed by atoms with Gasteiger partial charge in [0, 0.05) is 34.6 Å². The monoisotopic (exact) mass is 406 g/mol. The first kappa shape index (κ1) is 22.9. The van der Waals surface area contributed by atoms with Crippen molar-refractivity contribution >= 4 is 40.8 Å². The highest BCUT2D eigenvalue weighted by Crippen LogP contribution is 2.34. The number of carbonyl (C=O) groups is 5. The lowest BCUT2D eigenvalue weighted by molar-refractivity contribution is -0.237.